The minimum absolute atomic E-state index is 0.566. The molecule has 1 N–H and O–H groups in total. The van der Waals surface area contributed by atoms with Gasteiger partial charge >= 0.3 is 0 Å². The van der Waals surface area contributed by atoms with Crippen LogP contribution in [0.25, 0.3) is 0 Å². The average Bonchev–Trinajstić information content (AvgIpc) is 2.49. The largest absolute Gasteiger partial charge is 0.457 e. The molecule has 1 aromatic carbocycles. The van der Waals surface area contributed by atoms with Gasteiger partial charge in [0.15, 0.2) is 0 Å². The third kappa shape index (κ3) is 3.54. The van der Waals surface area contributed by atoms with Crippen molar-refractivity contribution in [3.63, 3.8) is 0 Å². The second kappa shape index (κ2) is 6.00. The highest BCUT2D eigenvalue weighted by Gasteiger charge is 2.01. The van der Waals surface area contributed by atoms with E-state index in [1.165, 1.54) is 0 Å². The molecule has 2 aromatic heterocycles. The van der Waals surface area contributed by atoms with E-state index in [2.05, 4.69) is 20.3 Å². The Labute approximate surface area is 122 Å². The SMILES string of the molecule is Cc1ccnc(Nc2cccc(Oc3ccncc3)c2)n1. The van der Waals surface area contributed by atoms with Crippen LogP contribution in [0.5, 0.6) is 11.5 Å². The summed E-state index contributed by atoms with van der Waals surface area (Å²) in [5.41, 5.74) is 1.78. The highest BCUT2D eigenvalue weighted by atomic mass is 16.5. The van der Waals surface area contributed by atoms with Crippen molar-refractivity contribution >= 4 is 11.6 Å². The summed E-state index contributed by atoms with van der Waals surface area (Å²) in [6.07, 6.45) is 5.11. The molecule has 0 amide bonds. The van der Waals surface area contributed by atoms with Gasteiger partial charge in [-0.05, 0) is 37.3 Å². The van der Waals surface area contributed by atoms with E-state index in [4.69, 9.17) is 4.74 Å². The maximum absolute atomic E-state index is 5.76. The zero-order chi connectivity index (χ0) is 14.5. The van der Waals surface area contributed by atoms with E-state index >= 15 is 0 Å². The monoisotopic (exact) mass is 278 g/mol. The number of ether oxygens (including phenoxy) is 1. The number of benzene rings is 1. The molecule has 0 radical (unpaired) electrons. The van der Waals surface area contributed by atoms with Gasteiger partial charge < -0.3 is 10.1 Å². The second-order valence-corrected chi connectivity index (χ2v) is 4.46. The fraction of sp³-hybridized carbons (Fsp3) is 0.0625. The van der Waals surface area contributed by atoms with Crippen LogP contribution in [-0.2, 0) is 0 Å². The second-order valence-electron chi connectivity index (χ2n) is 4.46. The first-order chi connectivity index (χ1) is 10.3. The molecule has 21 heavy (non-hydrogen) atoms. The van der Waals surface area contributed by atoms with Gasteiger partial charge in [-0.3, -0.25) is 4.98 Å². The molecule has 0 aliphatic rings. The number of hydrogen-bond acceptors (Lipinski definition) is 5. The molecule has 0 saturated heterocycles. The van der Waals surface area contributed by atoms with Crippen LogP contribution in [0, 0.1) is 6.92 Å². The van der Waals surface area contributed by atoms with E-state index < -0.39 is 0 Å². The van der Waals surface area contributed by atoms with E-state index in [1.807, 2.05) is 49.4 Å². The predicted molar refractivity (Wildman–Crippen MR) is 80.8 cm³/mol. The lowest BCUT2D eigenvalue weighted by Crippen LogP contribution is -1.97. The van der Waals surface area contributed by atoms with E-state index in [0.29, 0.717) is 5.95 Å². The Kier molecular flexibility index (Phi) is 3.73. The summed E-state index contributed by atoms with van der Waals surface area (Å²) in [4.78, 5) is 12.4. The topological polar surface area (TPSA) is 59.9 Å². The number of anilines is 2. The Morgan fingerprint density at radius 2 is 1.81 bits per heavy atom. The molecule has 0 fully saturated rings. The van der Waals surface area contributed by atoms with Crippen molar-refractivity contribution in [3.05, 3.63) is 66.7 Å². The summed E-state index contributed by atoms with van der Waals surface area (Å²) in [5.74, 6) is 2.05. The summed E-state index contributed by atoms with van der Waals surface area (Å²) < 4.78 is 5.76. The first kappa shape index (κ1) is 13.1. The molecule has 0 unspecified atom stereocenters. The number of pyridine rings is 1. The number of rotatable bonds is 4. The van der Waals surface area contributed by atoms with E-state index in [9.17, 15) is 0 Å². The number of nitrogens with zero attached hydrogens (tertiary/aromatic N) is 3. The lowest BCUT2D eigenvalue weighted by atomic mass is 10.3. The third-order valence-electron chi connectivity index (χ3n) is 2.77. The summed E-state index contributed by atoms with van der Waals surface area (Å²) in [6.45, 7) is 1.93. The quantitative estimate of drug-likeness (QED) is 0.788. The Balaban J connectivity index is 1.77. The van der Waals surface area contributed by atoms with Crippen molar-refractivity contribution in [2.24, 2.45) is 0 Å². The molecule has 0 spiro atoms. The molecule has 0 bridgehead atoms. The normalized spacial score (nSPS) is 10.1. The lowest BCUT2D eigenvalue weighted by Gasteiger charge is -2.08. The summed E-state index contributed by atoms with van der Waals surface area (Å²) in [5, 5.41) is 3.16. The summed E-state index contributed by atoms with van der Waals surface area (Å²) in [6, 6.07) is 13.1. The number of aromatic nitrogens is 3. The standard InChI is InChI=1S/C16H14N4O/c1-12-5-10-18-16(19-12)20-13-3-2-4-15(11-13)21-14-6-8-17-9-7-14/h2-11H,1H3,(H,18,19,20). The van der Waals surface area contributed by atoms with Gasteiger partial charge in [0, 0.05) is 36.0 Å². The maximum atomic E-state index is 5.76. The molecule has 5 heteroatoms. The summed E-state index contributed by atoms with van der Waals surface area (Å²) in [7, 11) is 0. The van der Waals surface area contributed by atoms with Gasteiger partial charge in [-0.1, -0.05) is 6.07 Å². The zero-order valence-corrected chi connectivity index (χ0v) is 11.5. The average molecular weight is 278 g/mol. The molecular formula is C16H14N4O. The number of nitrogens with one attached hydrogen (secondary N) is 1. The smallest absolute Gasteiger partial charge is 0.227 e. The van der Waals surface area contributed by atoms with Gasteiger partial charge in [0.25, 0.3) is 0 Å². The molecule has 2 heterocycles. The van der Waals surface area contributed by atoms with Crippen LogP contribution in [0.15, 0.2) is 61.1 Å². The minimum Gasteiger partial charge on any atom is -0.457 e. The van der Waals surface area contributed by atoms with Crippen LogP contribution in [0.1, 0.15) is 5.69 Å². The number of aryl methyl sites for hydroxylation is 1. The minimum atomic E-state index is 0.566. The molecule has 3 rings (SSSR count). The Hall–Kier alpha value is -2.95. The van der Waals surface area contributed by atoms with Gasteiger partial charge in [-0.15, -0.1) is 0 Å². The molecule has 0 aliphatic carbocycles. The third-order valence-corrected chi connectivity index (χ3v) is 2.77. The van der Waals surface area contributed by atoms with E-state index in [0.717, 1.165) is 22.9 Å². The Morgan fingerprint density at radius 3 is 2.62 bits per heavy atom. The fourth-order valence-corrected chi connectivity index (χ4v) is 1.82. The lowest BCUT2D eigenvalue weighted by molar-refractivity contribution is 0.482. The molecule has 104 valence electrons. The van der Waals surface area contributed by atoms with Gasteiger partial charge in [-0.2, -0.15) is 0 Å². The molecule has 0 saturated carbocycles. The molecule has 0 atom stereocenters. The first-order valence-electron chi connectivity index (χ1n) is 6.54. The Morgan fingerprint density at radius 1 is 0.952 bits per heavy atom. The predicted octanol–water partition coefficient (Wildman–Crippen LogP) is 3.72. The van der Waals surface area contributed by atoms with Crippen molar-refractivity contribution in [2.45, 2.75) is 6.92 Å². The maximum Gasteiger partial charge on any atom is 0.227 e. The fourth-order valence-electron chi connectivity index (χ4n) is 1.82. The van der Waals surface area contributed by atoms with Gasteiger partial charge in [0.05, 0.1) is 0 Å². The van der Waals surface area contributed by atoms with Crippen molar-refractivity contribution in [1.29, 1.82) is 0 Å². The van der Waals surface area contributed by atoms with Crippen molar-refractivity contribution in [1.82, 2.24) is 15.0 Å². The van der Waals surface area contributed by atoms with E-state index in [-0.39, 0.29) is 0 Å². The van der Waals surface area contributed by atoms with E-state index in [1.54, 1.807) is 18.6 Å². The molecule has 3 aromatic rings. The highest BCUT2D eigenvalue weighted by molar-refractivity contribution is 5.56. The molecule has 5 nitrogen and oxygen atoms in total. The first-order valence-corrected chi connectivity index (χ1v) is 6.54. The van der Waals surface area contributed by atoms with Crippen LogP contribution in [0.4, 0.5) is 11.6 Å². The Bertz CT molecular complexity index is 731. The van der Waals surface area contributed by atoms with Crippen LogP contribution < -0.4 is 10.1 Å². The van der Waals surface area contributed by atoms with Crippen LogP contribution in [0.3, 0.4) is 0 Å². The molecular weight excluding hydrogens is 264 g/mol. The number of hydrogen-bond donors (Lipinski definition) is 1. The molecule has 0 aliphatic heterocycles. The summed E-state index contributed by atoms with van der Waals surface area (Å²) >= 11 is 0. The van der Waals surface area contributed by atoms with Gasteiger partial charge in [-0.25, -0.2) is 9.97 Å². The van der Waals surface area contributed by atoms with Crippen LogP contribution >= 0.6 is 0 Å². The zero-order valence-electron chi connectivity index (χ0n) is 11.5. The highest BCUT2D eigenvalue weighted by Crippen LogP contribution is 2.24. The van der Waals surface area contributed by atoms with Gasteiger partial charge in [0.2, 0.25) is 5.95 Å². The van der Waals surface area contributed by atoms with Crippen molar-refractivity contribution in [2.75, 3.05) is 5.32 Å². The van der Waals surface area contributed by atoms with Crippen LogP contribution in [-0.4, -0.2) is 15.0 Å². The van der Waals surface area contributed by atoms with Crippen LogP contribution in [0.2, 0.25) is 0 Å². The van der Waals surface area contributed by atoms with Crippen molar-refractivity contribution < 1.29 is 4.74 Å². The van der Waals surface area contributed by atoms with Gasteiger partial charge in [0.1, 0.15) is 11.5 Å². The van der Waals surface area contributed by atoms with Crippen molar-refractivity contribution in [3.8, 4) is 11.5 Å².